The molecule has 1 fully saturated rings. The topological polar surface area (TPSA) is 37.4 Å². The van der Waals surface area contributed by atoms with Gasteiger partial charge in [-0.25, -0.2) is 4.98 Å². The Bertz CT molecular complexity index is 426. The normalized spacial score (nSPS) is 23.1. The van der Waals surface area contributed by atoms with Crippen LogP contribution < -0.4 is 10.2 Å². The molecule has 4 nitrogen and oxygen atoms in total. The summed E-state index contributed by atoms with van der Waals surface area (Å²) >= 11 is 0. The number of aryl methyl sites for hydroxylation is 1. The van der Waals surface area contributed by atoms with Gasteiger partial charge in [0.05, 0.1) is 12.2 Å². The molecule has 112 valence electrons. The molecule has 0 radical (unpaired) electrons. The first-order valence-electron chi connectivity index (χ1n) is 7.73. The third kappa shape index (κ3) is 3.93. The van der Waals surface area contributed by atoms with E-state index in [1.807, 2.05) is 0 Å². The zero-order valence-electron chi connectivity index (χ0n) is 13.1. The Balaban J connectivity index is 2.20. The number of hydrogen-bond acceptors (Lipinski definition) is 4. The molecule has 0 spiro atoms. The molecule has 2 rings (SSSR count). The van der Waals surface area contributed by atoms with Crippen LogP contribution in [0.5, 0.6) is 0 Å². The van der Waals surface area contributed by atoms with Crippen LogP contribution in [0.4, 0.5) is 5.82 Å². The third-order valence-corrected chi connectivity index (χ3v) is 3.61. The Morgan fingerprint density at radius 3 is 2.55 bits per heavy atom. The van der Waals surface area contributed by atoms with Crippen molar-refractivity contribution >= 4 is 5.82 Å². The predicted molar refractivity (Wildman–Crippen MR) is 83.2 cm³/mol. The maximum Gasteiger partial charge on any atom is 0.129 e. The monoisotopic (exact) mass is 277 g/mol. The highest BCUT2D eigenvalue weighted by atomic mass is 16.5. The molecule has 2 heterocycles. The summed E-state index contributed by atoms with van der Waals surface area (Å²) in [6.07, 6.45) is 1.51. The van der Waals surface area contributed by atoms with Gasteiger partial charge in [-0.1, -0.05) is 13.8 Å². The third-order valence-electron chi connectivity index (χ3n) is 3.61. The van der Waals surface area contributed by atoms with E-state index in [9.17, 15) is 0 Å². The number of rotatable bonds is 5. The first-order valence-corrected chi connectivity index (χ1v) is 7.73. The highest BCUT2D eigenvalue weighted by Gasteiger charge is 2.23. The van der Waals surface area contributed by atoms with Crippen LogP contribution >= 0.6 is 0 Å². The van der Waals surface area contributed by atoms with E-state index >= 15 is 0 Å². The maximum atomic E-state index is 5.81. The minimum atomic E-state index is 0.267. The summed E-state index contributed by atoms with van der Waals surface area (Å²) in [6, 6.07) is 4.42. The van der Waals surface area contributed by atoms with Gasteiger partial charge in [0.25, 0.3) is 0 Å². The second kappa shape index (κ2) is 7.04. The summed E-state index contributed by atoms with van der Waals surface area (Å²) in [5.41, 5.74) is 2.49. The molecule has 0 bridgehead atoms. The Morgan fingerprint density at radius 2 is 1.95 bits per heavy atom. The van der Waals surface area contributed by atoms with Gasteiger partial charge in [0.15, 0.2) is 0 Å². The van der Waals surface area contributed by atoms with Gasteiger partial charge in [0, 0.05) is 25.3 Å². The largest absolute Gasteiger partial charge is 0.372 e. The second-order valence-electron chi connectivity index (χ2n) is 5.62. The molecule has 1 N–H and O–H groups in total. The molecule has 0 saturated carbocycles. The quantitative estimate of drug-likeness (QED) is 0.896. The van der Waals surface area contributed by atoms with Crippen LogP contribution in [0.3, 0.4) is 0 Å². The number of aromatic nitrogens is 1. The molecular formula is C16H27N3O. The number of nitrogens with zero attached hydrogens (tertiary/aromatic N) is 2. The molecule has 1 saturated heterocycles. The van der Waals surface area contributed by atoms with E-state index in [1.54, 1.807) is 0 Å². The zero-order chi connectivity index (χ0) is 14.5. The van der Waals surface area contributed by atoms with Crippen molar-refractivity contribution in [2.75, 3.05) is 24.5 Å². The smallest absolute Gasteiger partial charge is 0.129 e. The number of pyridine rings is 1. The lowest BCUT2D eigenvalue weighted by Gasteiger charge is -2.36. The number of hydrogen-bond donors (Lipinski definition) is 1. The molecule has 0 amide bonds. The Labute approximate surface area is 122 Å². The molecule has 0 aliphatic carbocycles. The van der Waals surface area contributed by atoms with Crippen molar-refractivity contribution in [2.45, 2.75) is 52.9 Å². The van der Waals surface area contributed by atoms with Crippen LogP contribution in [-0.2, 0) is 17.7 Å². The first-order chi connectivity index (χ1) is 9.62. The number of anilines is 1. The fraction of sp³-hybridized carbons (Fsp3) is 0.688. The molecule has 4 heteroatoms. The van der Waals surface area contributed by atoms with Gasteiger partial charge in [-0.05, 0) is 44.5 Å². The zero-order valence-corrected chi connectivity index (χ0v) is 13.1. The van der Waals surface area contributed by atoms with E-state index in [-0.39, 0.29) is 12.2 Å². The fourth-order valence-corrected chi connectivity index (χ4v) is 2.71. The van der Waals surface area contributed by atoms with Gasteiger partial charge in [-0.15, -0.1) is 0 Å². The van der Waals surface area contributed by atoms with E-state index in [2.05, 4.69) is 50.0 Å². The lowest BCUT2D eigenvalue weighted by atomic mass is 10.1. The van der Waals surface area contributed by atoms with Gasteiger partial charge < -0.3 is 15.0 Å². The second-order valence-corrected chi connectivity index (χ2v) is 5.62. The summed E-state index contributed by atoms with van der Waals surface area (Å²) < 4.78 is 5.81. The van der Waals surface area contributed by atoms with Gasteiger partial charge in [0.1, 0.15) is 5.82 Å². The van der Waals surface area contributed by atoms with E-state index in [4.69, 9.17) is 9.72 Å². The summed E-state index contributed by atoms with van der Waals surface area (Å²) in [7, 11) is 0. The highest BCUT2D eigenvalue weighted by molar-refractivity contribution is 5.43. The van der Waals surface area contributed by atoms with Crippen molar-refractivity contribution in [3.63, 3.8) is 0 Å². The Hall–Kier alpha value is -1.13. The van der Waals surface area contributed by atoms with Crippen molar-refractivity contribution in [1.82, 2.24) is 10.3 Å². The SMILES string of the molecule is CCNCc1cc(CC)nc(N2C[C@@H](C)O[C@@H](C)C2)c1. The molecule has 1 aromatic rings. The van der Waals surface area contributed by atoms with Crippen molar-refractivity contribution in [3.05, 3.63) is 23.4 Å². The standard InChI is InChI=1S/C16H27N3O/c1-5-15-7-14(9-17-6-2)8-16(18-15)19-10-12(3)20-13(4)11-19/h7-8,12-13,17H,5-6,9-11H2,1-4H3/t12-,13+. The molecule has 2 atom stereocenters. The molecule has 0 unspecified atom stereocenters. The lowest BCUT2D eigenvalue weighted by Crippen LogP contribution is -2.46. The van der Waals surface area contributed by atoms with Crippen molar-refractivity contribution < 1.29 is 4.74 Å². The number of morpholine rings is 1. The van der Waals surface area contributed by atoms with Crippen molar-refractivity contribution in [1.29, 1.82) is 0 Å². The summed E-state index contributed by atoms with van der Waals surface area (Å²) in [5, 5.41) is 3.39. The summed E-state index contributed by atoms with van der Waals surface area (Å²) in [6.45, 7) is 12.3. The number of ether oxygens (including phenoxy) is 1. The van der Waals surface area contributed by atoms with Crippen LogP contribution in [0.15, 0.2) is 12.1 Å². The average molecular weight is 277 g/mol. The van der Waals surface area contributed by atoms with Crippen molar-refractivity contribution in [3.8, 4) is 0 Å². The van der Waals surface area contributed by atoms with E-state index in [0.29, 0.717) is 0 Å². The lowest BCUT2D eigenvalue weighted by molar-refractivity contribution is -0.00547. The van der Waals surface area contributed by atoms with Crippen LogP contribution in [0, 0.1) is 0 Å². The fourth-order valence-electron chi connectivity index (χ4n) is 2.71. The predicted octanol–water partition coefficient (Wildman–Crippen LogP) is 2.37. The molecular weight excluding hydrogens is 250 g/mol. The summed E-state index contributed by atoms with van der Waals surface area (Å²) in [5.74, 6) is 1.10. The van der Waals surface area contributed by atoms with Crippen LogP contribution in [0.1, 0.15) is 39.0 Å². The molecule has 1 aromatic heterocycles. The van der Waals surface area contributed by atoms with Gasteiger partial charge >= 0.3 is 0 Å². The van der Waals surface area contributed by atoms with Gasteiger partial charge in [-0.3, -0.25) is 0 Å². The molecule has 20 heavy (non-hydrogen) atoms. The van der Waals surface area contributed by atoms with Gasteiger partial charge in [0.2, 0.25) is 0 Å². The minimum absolute atomic E-state index is 0.267. The highest BCUT2D eigenvalue weighted by Crippen LogP contribution is 2.20. The number of nitrogens with one attached hydrogen (secondary N) is 1. The van der Waals surface area contributed by atoms with E-state index < -0.39 is 0 Å². The Morgan fingerprint density at radius 1 is 1.25 bits per heavy atom. The maximum absolute atomic E-state index is 5.81. The Kier molecular flexibility index (Phi) is 5.38. The minimum Gasteiger partial charge on any atom is -0.372 e. The average Bonchev–Trinajstić information content (AvgIpc) is 2.43. The first kappa shape index (κ1) is 15.3. The van der Waals surface area contributed by atoms with Crippen LogP contribution in [0.25, 0.3) is 0 Å². The van der Waals surface area contributed by atoms with Gasteiger partial charge in [-0.2, -0.15) is 0 Å². The molecule has 1 aliphatic heterocycles. The van der Waals surface area contributed by atoms with E-state index in [0.717, 1.165) is 38.4 Å². The van der Waals surface area contributed by atoms with Crippen LogP contribution in [0.2, 0.25) is 0 Å². The van der Waals surface area contributed by atoms with Crippen LogP contribution in [-0.4, -0.2) is 36.8 Å². The van der Waals surface area contributed by atoms with E-state index in [1.165, 1.54) is 11.3 Å². The molecule has 1 aliphatic rings. The summed E-state index contributed by atoms with van der Waals surface area (Å²) in [4.78, 5) is 7.15. The van der Waals surface area contributed by atoms with Crippen molar-refractivity contribution in [2.24, 2.45) is 0 Å². The molecule has 0 aromatic carbocycles.